The molecule has 0 unspecified atom stereocenters. The van der Waals surface area contributed by atoms with Crippen LogP contribution in [0.3, 0.4) is 0 Å². The van der Waals surface area contributed by atoms with Crippen LogP contribution in [0, 0.1) is 11.3 Å². The van der Waals surface area contributed by atoms with Gasteiger partial charge in [-0.1, -0.05) is 82.6 Å². The van der Waals surface area contributed by atoms with Crippen molar-refractivity contribution in [2.75, 3.05) is 5.32 Å². The molecule has 172 valence electrons. The van der Waals surface area contributed by atoms with E-state index in [0.29, 0.717) is 17.0 Å². The number of hydrogen-bond acceptors (Lipinski definition) is 3. The van der Waals surface area contributed by atoms with Gasteiger partial charge in [0.05, 0.1) is 11.1 Å². The van der Waals surface area contributed by atoms with E-state index in [1.165, 1.54) is 28.0 Å². The van der Waals surface area contributed by atoms with E-state index in [1.54, 1.807) is 0 Å². The highest BCUT2D eigenvalue weighted by Crippen LogP contribution is 2.57. The molecule has 3 nitrogen and oxygen atoms in total. The predicted octanol–water partition coefficient (Wildman–Crippen LogP) is 7.58. The zero-order valence-electron chi connectivity index (χ0n) is 20.2. The molecule has 2 aromatic carbocycles. The van der Waals surface area contributed by atoms with Crippen LogP contribution in [0.5, 0.6) is 0 Å². The third kappa shape index (κ3) is 3.82. The number of nitrogens with one attached hydrogen (secondary N) is 1. The maximum atomic E-state index is 13.7. The van der Waals surface area contributed by atoms with E-state index in [1.807, 2.05) is 23.6 Å². The lowest BCUT2D eigenvalue weighted by atomic mass is 9.49. The first-order valence-electron chi connectivity index (χ1n) is 12.3. The van der Waals surface area contributed by atoms with E-state index in [4.69, 9.17) is 4.98 Å². The molecule has 4 heteroatoms. The molecule has 2 aliphatic carbocycles. The molecule has 33 heavy (non-hydrogen) atoms. The van der Waals surface area contributed by atoms with Crippen LogP contribution < -0.4 is 5.32 Å². The second-order valence-electron chi connectivity index (χ2n) is 10.7. The topological polar surface area (TPSA) is 42.0 Å². The summed E-state index contributed by atoms with van der Waals surface area (Å²) >= 11 is 1.51. The molecule has 5 rings (SSSR count). The average Bonchev–Trinajstić information content (AvgIpc) is 3.27. The molecule has 1 fully saturated rings. The van der Waals surface area contributed by atoms with Gasteiger partial charge in [0.2, 0.25) is 5.91 Å². The number of aromatic nitrogens is 1. The number of thiazole rings is 1. The summed E-state index contributed by atoms with van der Waals surface area (Å²) in [7, 11) is 0. The van der Waals surface area contributed by atoms with Crippen molar-refractivity contribution in [2.45, 2.75) is 71.1 Å². The molecular weight excluding hydrogens is 424 g/mol. The largest absolute Gasteiger partial charge is 0.301 e. The quantitative estimate of drug-likeness (QED) is 0.438. The number of hydrogen-bond donors (Lipinski definition) is 1. The molecule has 1 heterocycles. The molecule has 0 radical (unpaired) electrons. The van der Waals surface area contributed by atoms with Crippen LogP contribution in [0.2, 0.25) is 0 Å². The summed E-state index contributed by atoms with van der Waals surface area (Å²) in [6.07, 6.45) is 5.31. The SMILES string of the molecule is CC(C)c1ccc2c(c1)CC[C@H]1[C@@](C)(C(=O)Nc3nc(-c4ccccc4)cs3)CCC[C@]21C. The van der Waals surface area contributed by atoms with E-state index >= 15 is 0 Å². The number of rotatable bonds is 4. The third-order valence-electron chi connectivity index (χ3n) is 8.36. The minimum atomic E-state index is -0.389. The zero-order chi connectivity index (χ0) is 23.2. The van der Waals surface area contributed by atoms with Crippen LogP contribution in [-0.2, 0) is 16.6 Å². The Bertz CT molecular complexity index is 1170. The zero-order valence-corrected chi connectivity index (χ0v) is 21.0. The minimum absolute atomic E-state index is 0.0471. The number of nitrogens with zero attached hydrogens (tertiary/aromatic N) is 1. The number of carbonyl (C=O) groups excluding carboxylic acids is 1. The van der Waals surface area contributed by atoms with E-state index in [0.717, 1.165) is 43.4 Å². The predicted molar refractivity (Wildman–Crippen MR) is 138 cm³/mol. The lowest BCUT2D eigenvalue weighted by Crippen LogP contribution is -2.53. The summed E-state index contributed by atoms with van der Waals surface area (Å²) in [5.74, 6) is 1.02. The lowest BCUT2D eigenvalue weighted by molar-refractivity contribution is -0.133. The Morgan fingerprint density at radius 1 is 1.12 bits per heavy atom. The van der Waals surface area contributed by atoms with Gasteiger partial charge in [0.15, 0.2) is 5.13 Å². The van der Waals surface area contributed by atoms with Crippen molar-refractivity contribution in [3.05, 3.63) is 70.6 Å². The standard InChI is InChI=1S/C29H34N2OS/c1-19(2)21-11-13-23-22(17-21)12-14-25-28(23,3)15-8-16-29(25,4)26(32)31-27-30-24(18-33-27)20-9-6-5-7-10-20/h5-7,9-11,13,17-19,25H,8,12,14-16H2,1-4H3,(H,30,31,32)/t25-,28-,29+/m1/s1. The van der Waals surface area contributed by atoms with Crippen LogP contribution in [-0.4, -0.2) is 10.9 Å². The summed E-state index contributed by atoms with van der Waals surface area (Å²) in [6.45, 7) is 9.13. The first kappa shape index (κ1) is 22.3. The molecular formula is C29H34N2OS. The molecule has 0 saturated heterocycles. The number of aryl methyl sites for hydroxylation is 1. The number of carbonyl (C=O) groups is 1. The van der Waals surface area contributed by atoms with Crippen molar-refractivity contribution in [2.24, 2.45) is 11.3 Å². The van der Waals surface area contributed by atoms with Gasteiger partial charge < -0.3 is 5.32 Å². The summed E-state index contributed by atoms with van der Waals surface area (Å²) in [6, 6.07) is 17.2. The maximum Gasteiger partial charge on any atom is 0.232 e. The Labute approximate surface area is 201 Å². The van der Waals surface area contributed by atoms with Crippen LogP contribution in [0.15, 0.2) is 53.9 Å². The van der Waals surface area contributed by atoms with Gasteiger partial charge in [-0.3, -0.25) is 4.79 Å². The Kier molecular flexibility index (Phi) is 5.68. The molecule has 0 bridgehead atoms. The molecule has 2 aliphatic rings. The van der Waals surface area contributed by atoms with Crippen LogP contribution in [0.1, 0.15) is 76.0 Å². The first-order valence-corrected chi connectivity index (χ1v) is 13.1. The van der Waals surface area contributed by atoms with Crippen molar-refractivity contribution in [1.29, 1.82) is 0 Å². The maximum absolute atomic E-state index is 13.7. The fourth-order valence-corrected chi connectivity index (χ4v) is 7.17. The van der Waals surface area contributed by atoms with E-state index in [2.05, 4.69) is 63.3 Å². The molecule has 0 aliphatic heterocycles. The number of benzene rings is 2. The molecule has 1 aromatic heterocycles. The Morgan fingerprint density at radius 2 is 1.91 bits per heavy atom. The van der Waals surface area contributed by atoms with Gasteiger partial charge >= 0.3 is 0 Å². The lowest BCUT2D eigenvalue weighted by Gasteiger charge is -2.54. The van der Waals surface area contributed by atoms with Gasteiger partial charge in [0.25, 0.3) is 0 Å². The van der Waals surface area contributed by atoms with Crippen LogP contribution in [0.25, 0.3) is 11.3 Å². The highest BCUT2D eigenvalue weighted by molar-refractivity contribution is 7.14. The normalized spacial score (nSPS) is 26.5. The Morgan fingerprint density at radius 3 is 2.67 bits per heavy atom. The summed E-state index contributed by atoms with van der Waals surface area (Å²) in [5.41, 5.74) is 6.05. The van der Waals surface area contributed by atoms with Crippen molar-refractivity contribution in [3.63, 3.8) is 0 Å². The van der Waals surface area contributed by atoms with Gasteiger partial charge in [-0.15, -0.1) is 11.3 Å². The van der Waals surface area contributed by atoms with Gasteiger partial charge in [-0.25, -0.2) is 4.98 Å². The van der Waals surface area contributed by atoms with Gasteiger partial charge in [-0.2, -0.15) is 0 Å². The smallest absolute Gasteiger partial charge is 0.232 e. The fraction of sp³-hybridized carbons (Fsp3) is 0.448. The monoisotopic (exact) mass is 458 g/mol. The molecule has 1 N–H and O–H groups in total. The van der Waals surface area contributed by atoms with Crippen LogP contribution in [0.4, 0.5) is 5.13 Å². The highest BCUT2D eigenvalue weighted by atomic mass is 32.1. The number of fused-ring (bicyclic) bond motifs is 3. The van der Waals surface area contributed by atoms with E-state index in [9.17, 15) is 4.79 Å². The number of amides is 1. The highest BCUT2D eigenvalue weighted by Gasteiger charge is 2.55. The molecule has 3 aromatic rings. The van der Waals surface area contributed by atoms with Crippen LogP contribution >= 0.6 is 11.3 Å². The fourth-order valence-electron chi connectivity index (χ4n) is 6.45. The van der Waals surface area contributed by atoms with Gasteiger partial charge in [0.1, 0.15) is 0 Å². The Balaban J connectivity index is 1.41. The third-order valence-corrected chi connectivity index (χ3v) is 9.11. The average molecular weight is 459 g/mol. The second kappa shape index (κ2) is 8.39. The van der Waals surface area contributed by atoms with Crippen molar-refractivity contribution in [1.82, 2.24) is 4.98 Å². The molecule has 3 atom stereocenters. The van der Waals surface area contributed by atoms with Gasteiger partial charge in [-0.05, 0) is 59.6 Å². The first-order chi connectivity index (χ1) is 15.8. The van der Waals surface area contributed by atoms with Crippen molar-refractivity contribution >= 4 is 22.4 Å². The minimum Gasteiger partial charge on any atom is -0.301 e. The van der Waals surface area contributed by atoms with Crippen molar-refractivity contribution < 1.29 is 4.79 Å². The van der Waals surface area contributed by atoms with Crippen molar-refractivity contribution in [3.8, 4) is 11.3 Å². The summed E-state index contributed by atoms with van der Waals surface area (Å²) in [5, 5.41) is 5.94. The van der Waals surface area contributed by atoms with E-state index in [-0.39, 0.29) is 16.7 Å². The molecule has 0 spiro atoms. The van der Waals surface area contributed by atoms with Gasteiger partial charge in [0, 0.05) is 10.9 Å². The Hall–Kier alpha value is -2.46. The number of anilines is 1. The second-order valence-corrected chi connectivity index (χ2v) is 11.6. The summed E-state index contributed by atoms with van der Waals surface area (Å²) < 4.78 is 0. The molecule has 1 saturated carbocycles. The summed E-state index contributed by atoms with van der Waals surface area (Å²) in [4.78, 5) is 18.5. The molecule has 1 amide bonds. The van der Waals surface area contributed by atoms with E-state index < -0.39 is 0 Å².